The van der Waals surface area contributed by atoms with E-state index in [0.29, 0.717) is 23.0 Å². The van der Waals surface area contributed by atoms with E-state index in [1.807, 2.05) is 0 Å². The van der Waals surface area contributed by atoms with Gasteiger partial charge in [-0.25, -0.2) is 8.78 Å². The van der Waals surface area contributed by atoms with E-state index in [-0.39, 0.29) is 11.9 Å². The Balaban J connectivity index is 1.72. The number of amides is 1. The molecule has 1 aliphatic carbocycles. The third-order valence-corrected chi connectivity index (χ3v) is 4.95. The third-order valence-electron chi connectivity index (χ3n) is 3.94. The molecular formula is C16H21F2NOS. The van der Waals surface area contributed by atoms with Crippen molar-refractivity contribution in [2.24, 2.45) is 5.92 Å². The zero-order chi connectivity index (χ0) is 15.2. The number of halogens is 2. The minimum Gasteiger partial charge on any atom is -0.352 e. The second kappa shape index (κ2) is 7.78. The fourth-order valence-corrected chi connectivity index (χ4v) is 3.46. The Morgan fingerprint density at radius 1 is 1.29 bits per heavy atom. The second-order valence-electron chi connectivity index (χ2n) is 5.68. The van der Waals surface area contributed by atoms with E-state index in [1.54, 1.807) is 6.07 Å². The third kappa shape index (κ3) is 4.99. The Kier molecular flexibility index (Phi) is 6.03. The molecule has 0 heterocycles. The van der Waals surface area contributed by atoms with Crippen LogP contribution in [0.15, 0.2) is 18.2 Å². The molecule has 1 amide bonds. The predicted octanol–water partition coefficient (Wildman–Crippen LogP) is 3.89. The molecule has 0 spiro atoms. The molecule has 1 aromatic carbocycles. The molecule has 1 saturated carbocycles. The fourth-order valence-electron chi connectivity index (χ4n) is 2.67. The van der Waals surface area contributed by atoms with E-state index in [2.05, 4.69) is 12.2 Å². The van der Waals surface area contributed by atoms with Gasteiger partial charge in [-0.1, -0.05) is 25.8 Å². The molecule has 1 N–H and O–H groups in total. The van der Waals surface area contributed by atoms with Gasteiger partial charge in [0.1, 0.15) is 0 Å². The van der Waals surface area contributed by atoms with Crippen molar-refractivity contribution < 1.29 is 13.6 Å². The van der Waals surface area contributed by atoms with E-state index in [1.165, 1.54) is 37.1 Å². The SMILES string of the molecule is CC1CCCCC1NC(=O)CSCc1ccc(F)c(F)c1. The Morgan fingerprint density at radius 2 is 2.05 bits per heavy atom. The molecular weight excluding hydrogens is 292 g/mol. The molecule has 0 bridgehead atoms. The Hall–Kier alpha value is -1.10. The predicted molar refractivity (Wildman–Crippen MR) is 82.1 cm³/mol. The highest BCUT2D eigenvalue weighted by atomic mass is 32.2. The summed E-state index contributed by atoms with van der Waals surface area (Å²) in [5.74, 6) is -0.255. The highest BCUT2D eigenvalue weighted by Gasteiger charge is 2.22. The maximum Gasteiger partial charge on any atom is 0.230 e. The topological polar surface area (TPSA) is 29.1 Å². The maximum absolute atomic E-state index is 13.1. The van der Waals surface area contributed by atoms with Crippen LogP contribution in [0.2, 0.25) is 0 Å². The van der Waals surface area contributed by atoms with Crippen molar-refractivity contribution in [2.75, 3.05) is 5.75 Å². The lowest BCUT2D eigenvalue weighted by Gasteiger charge is -2.29. The van der Waals surface area contributed by atoms with Crippen molar-refractivity contribution >= 4 is 17.7 Å². The van der Waals surface area contributed by atoms with Gasteiger partial charge < -0.3 is 5.32 Å². The molecule has 2 rings (SSSR count). The van der Waals surface area contributed by atoms with E-state index >= 15 is 0 Å². The molecule has 1 aromatic rings. The molecule has 2 atom stereocenters. The lowest BCUT2D eigenvalue weighted by atomic mass is 9.86. The first-order valence-electron chi connectivity index (χ1n) is 7.37. The number of thioether (sulfide) groups is 1. The van der Waals surface area contributed by atoms with Crippen molar-refractivity contribution in [2.45, 2.75) is 44.4 Å². The van der Waals surface area contributed by atoms with Gasteiger partial charge in [-0.2, -0.15) is 0 Å². The zero-order valence-electron chi connectivity index (χ0n) is 12.2. The molecule has 5 heteroatoms. The van der Waals surface area contributed by atoms with E-state index in [0.717, 1.165) is 12.5 Å². The monoisotopic (exact) mass is 313 g/mol. The van der Waals surface area contributed by atoms with Crippen LogP contribution in [0.4, 0.5) is 8.78 Å². The summed E-state index contributed by atoms with van der Waals surface area (Å²) >= 11 is 1.42. The van der Waals surface area contributed by atoms with E-state index < -0.39 is 11.6 Å². The molecule has 116 valence electrons. The van der Waals surface area contributed by atoms with Crippen LogP contribution < -0.4 is 5.32 Å². The van der Waals surface area contributed by atoms with Crippen molar-refractivity contribution in [3.63, 3.8) is 0 Å². The molecule has 1 aliphatic rings. The van der Waals surface area contributed by atoms with Gasteiger partial charge >= 0.3 is 0 Å². The smallest absolute Gasteiger partial charge is 0.230 e. The van der Waals surface area contributed by atoms with Crippen molar-refractivity contribution in [3.8, 4) is 0 Å². The minimum atomic E-state index is -0.840. The molecule has 0 aromatic heterocycles. The van der Waals surface area contributed by atoms with E-state index in [4.69, 9.17) is 0 Å². The lowest BCUT2D eigenvalue weighted by molar-refractivity contribution is -0.119. The Bertz CT molecular complexity index is 495. The van der Waals surface area contributed by atoms with Gasteiger partial charge in [0.15, 0.2) is 11.6 Å². The second-order valence-corrected chi connectivity index (χ2v) is 6.66. The number of rotatable bonds is 5. The molecule has 0 saturated heterocycles. The van der Waals surface area contributed by atoms with Crippen LogP contribution in [0.25, 0.3) is 0 Å². The summed E-state index contributed by atoms with van der Waals surface area (Å²) in [6.45, 7) is 2.18. The summed E-state index contributed by atoms with van der Waals surface area (Å²) in [4.78, 5) is 11.9. The summed E-state index contributed by atoms with van der Waals surface area (Å²) in [7, 11) is 0. The molecule has 2 unspecified atom stereocenters. The van der Waals surface area contributed by atoms with Gasteiger partial charge in [0, 0.05) is 11.8 Å². The van der Waals surface area contributed by atoms with Crippen LogP contribution in [-0.4, -0.2) is 17.7 Å². The largest absolute Gasteiger partial charge is 0.352 e. The van der Waals surface area contributed by atoms with Gasteiger partial charge in [-0.15, -0.1) is 11.8 Å². The Labute approximate surface area is 128 Å². The maximum atomic E-state index is 13.1. The van der Waals surface area contributed by atoms with Crippen LogP contribution >= 0.6 is 11.8 Å². The standard InChI is InChI=1S/C16H21F2NOS/c1-11-4-2-3-5-15(11)19-16(20)10-21-9-12-6-7-13(17)14(18)8-12/h6-8,11,15H,2-5,9-10H2,1H3,(H,19,20). The van der Waals surface area contributed by atoms with Crippen molar-refractivity contribution in [3.05, 3.63) is 35.4 Å². The van der Waals surface area contributed by atoms with Gasteiger partial charge in [0.25, 0.3) is 0 Å². The summed E-state index contributed by atoms with van der Waals surface area (Å²) in [6, 6.07) is 4.14. The van der Waals surface area contributed by atoms with Gasteiger partial charge in [0.05, 0.1) is 5.75 Å². The number of hydrogen-bond acceptors (Lipinski definition) is 2. The number of hydrogen-bond donors (Lipinski definition) is 1. The number of benzene rings is 1. The van der Waals surface area contributed by atoms with Crippen LogP contribution in [0.1, 0.15) is 38.2 Å². The molecule has 0 radical (unpaired) electrons. The molecule has 21 heavy (non-hydrogen) atoms. The quantitative estimate of drug-likeness (QED) is 0.893. The lowest BCUT2D eigenvalue weighted by Crippen LogP contribution is -2.41. The highest BCUT2D eigenvalue weighted by molar-refractivity contribution is 7.99. The normalized spacial score (nSPS) is 22.0. The molecule has 2 nitrogen and oxygen atoms in total. The summed E-state index contributed by atoms with van der Waals surface area (Å²) in [5, 5.41) is 3.08. The van der Waals surface area contributed by atoms with E-state index in [9.17, 15) is 13.6 Å². The van der Waals surface area contributed by atoms with Crippen LogP contribution in [0.3, 0.4) is 0 Å². The van der Waals surface area contributed by atoms with Crippen LogP contribution in [-0.2, 0) is 10.5 Å². The van der Waals surface area contributed by atoms with Gasteiger partial charge in [-0.05, 0) is 36.5 Å². The fraction of sp³-hybridized carbons (Fsp3) is 0.562. The average molecular weight is 313 g/mol. The van der Waals surface area contributed by atoms with Crippen molar-refractivity contribution in [1.82, 2.24) is 5.32 Å². The first kappa shape index (κ1) is 16.3. The average Bonchev–Trinajstić information content (AvgIpc) is 2.45. The first-order valence-corrected chi connectivity index (χ1v) is 8.53. The van der Waals surface area contributed by atoms with Gasteiger partial charge in [-0.3, -0.25) is 4.79 Å². The summed E-state index contributed by atoms with van der Waals surface area (Å²) in [5.41, 5.74) is 0.692. The number of carbonyl (C=O) groups is 1. The van der Waals surface area contributed by atoms with Crippen molar-refractivity contribution in [1.29, 1.82) is 0 Å². The van der Waals surface area contributed by atoms with Crippen LogP contribution in [0, 0.1) is 17.6 Å². The molecule has 1 fully saturated rings. The Morgan fingerprint density at radius 3 is 2.76 bits per heavy atom. The first-order chi connectivity index (χ1) is 10.1. The summed E-state index contributed by atoms with van der Waals surface area (Å²) in [6.07, 6.45) is 4.66. The van der Waals surface area contributed by atoms with Gasteiger partial charge in [0.2, 0.25) is 5.91 Å². The number of nitrogens with one attached hydrogen (secondary N) is 1. The highest BCUT2D eigenvalue weighted by Crippen LogP contribution is 2.24. The summed E-state index contributed by atoms with van der Waals surface area (Å²) < 4.78 is 25.9. The minimum absolute atomic E-state index is 0.0290. The molecule has 0 aliphatic heterocycles. The van der Waals surface area contributed by atoms with Crippen LogP contribution in [0.5, 0.6) is 0 Å². The zero-order valence-corrected chi connectivity index (χ0v) is 13.0. The number of carbonyl (C=O) groups excluding carboxylic acids is 1.